The Kier molecular flexibility index (Phi) is 17.7. The number of phenolic OH excluding ortho intramolecular Hbond substituents is 1. The average molecular weight is 996 g/mol. The van der Waals surface area contributed by atoms with Gasteiger partial charge in [0.25, 0.3) is 0 Å². The zero-order valence-electron chi connectivity index (χ0n) is 38.3. The molecule has 0 bridgehead atoms. The fourth-order valence-corrected chi connectivity index (χ4v) is 7.26. The van der Waals surface area contributed by atoms with E-state index in [1.807, 2.05) is 60.5 Å². The summed E-state index contributed by atoms with van der Waals surface area (Å²) >= 11 is 3.49. The van der Waals surface area contributed by atoms with Crippen molar-refractivity contribution in [2.24, 2.45) is 0 Å². The summed E-state index contributed by atoms with van der Waals surface area (Å²) in [6.45, 7) is 7.75. The molecule has 10 aromatic rings. The normalized spacial score (nSPS) is 10.4. The Balaban J connectivity index is 0.000000154. The smallest absolute Gasteiger partial charge is 0.488 e. The Morgan fingerprint density at radius 3 is 1.52 bits per heavy atom. The van der Waals surface area contributed by atoms with Crippen LogP contribution in [0, 0.1) is 51.0 Å². The highest BCUT2D eigenvalue weighted by Gasteiger charge is 2.14. The Morgan fingerprint density at radius 2 is 1.01 bits per heavy atom. The van der Waals surface area contributed by atoms with Gasteiger partial charge >= 0.3 is 7.12 Å². The molecule has 0 atom stereocenters. The molecule has 14 heteroatoms. The van der Waals surface area contributed by atoms with E-state index >= 15 is 0 Å². The molecule has 2 heterocycles. The maximum atomic E-state index is 13.7. The van der Waals surface area contributed by atoms with Gasteiger partial charge in [0, 0.05) is 21.4 Å². The molecule has 0 spiro atoms. The summed E-state index contributed by atoms with van der Waals surface area (Å²) in [6.07, 6.45) is 3.68. The van der Waals surface area contributed by atoms with Crippen molar-refractivity contribution in [1.29, 1.82) is 0 Å². The van der Waals surface area contributed by atoms with Crippen LogP contribution in [0.15, 0.2) is 187 Å². The van der Waals surface area contributed by atoms with Crippen LogP contribution in [0.1, 0.15) is 22.3 Å². The van der Waals surface area contributed by atoms with Crippen LogP contribution in [-0.4, -0.2) is 48.5 Å². The molecule has 0 aliphatic heterocycles. The lowest BCUT2D eigenvalue weighted by Gasteiger charge is -2.11. The van der Waals surface area contributed by atoms with E-state index in [2.05, 4.69) is 92.8 Å². The Morgan fingerprint density at radius 1 is 0.522 bits per heavy atom. The Bertz CT molecular complexity index is 3190. The summed E-state index contributed by atoms with van der Waals surface area (Å²) in [5, 5.41) is 26.0. The van der Waals surface area contributed by atoms with Gasteiger partial charge in [-0.2, -0.15) is 0 Å². The van der Waals surface area contributed by atoms with E-state index in [0.29, 0.717) is 11.3 Å². The van der Waals surface area contributed by atoms with E-state index < -0.39 is 12.9 Å². The third-order valence-corrected chi connectivity index (χ3v) is 10.9. The average Bonchev–Trinajstić information content (AvgIpc) is 3.96. The molecular weight excluding hydrogens is 947 g/mol. The predicted octanol–water partition coefficient (Wildman–Crippen LogP) is 12.7. The SMILES string of the molecule is COc1ccc(F)cc1-c1cccc(-n2cnc3cc(C)ccc32)c1.Cc1ccc(F)cc1.Cc1ccc(F)cc1B(O)O.Cc1ccc2c(c1)ncn2-c1cccc(Br)c1.Oc1ccc(F)cc1. The third kappa shape index (κ3) is 14.3. The fourth-order valence-electron chi connectivity index (χ4n) is 6.88. The Hall–Kier alpha value is -7.52. The van der Waals surface area contributed by atoms with Gasteiger partial charge in [-0.3, -0.25) is 9.13 Å². The molecule has 350 valence electrons. The van der Waals surface area contributed by atoms with E-state index in [0.717, 1.165) is 60.7 Å². The first-order valence-corrected chi connectivity index (χ1v) is 22.2. The number of fused-ring (bicyclic) bond motifs is 2. The number of ether oxygens (including phenoxy) is 1. The van der Waals surface area contributed by atoms with Crippen LogP contribution >= 0.6 is 15.9 Å². The fraction of sp³-hybridized carbons (Fsp3) is 0.0909. The van der Waals surface area contributed by atoms with Crippen LogP contribution in [0.3, 0.4) is 0 Å². The van der Waals surface area contributed by atoms with E-state index in [-0.39, 0.29) is 28.7 Å². The van der Waals surface area contributed by atoms with Crippen molar-refractivity contribution in [3.63, 3.8) is 0 Å². The van der Waals surface area contributed by atoms with E-state index in [1.54, 1.807) is 32.2 Å². The van der Waals surface area contributed by atoms with Crippen molar-refractivity contribution in [3.8, 4) is 34.0 Å². The standard InChI is InChI=1S/C21H17FN2O.C14H11BrN2.C7H8BFO2.C7H7F.C6H5FO/c1-14-6-8-20-19(10-14)23-13-24(20)17-5-3-4-15(11-17)18-12-16(22)7-9-21(18)25-2;1-10-5-6-14-13(7-10)16-9-17(14)12-4-2-3-11(15)8-12;1-5-2-3-6(9)4-7(5)8(10)11;1-6-2-4-7(8)5-3-6;7-5-1-3-6(8)4-2-5/h3-13H,1-2H3;2-9H,1H3;2-4,10-11H,1H3;2-5H,1H3;1-4,8H. The summed E-state index contributed by atoms with van der Waals surface area (Å²) in [7, 11) is -0.00236. The summed E-state index contributed by atoms with van der Waals surface area (Å²) in [5.41, 5.74) is 12.2. The van der Waals surface area contributed by atoms with Crippen molar-refractivity contribution in [2.45, 2.75) is 27.7 Å². The molecule has 0 unspecified atom stereocenters. The number of halogens is 5. The van der Waals surface area contributed by atoms with Crippen molar-refractivity contribution < 1.29 is 37.5 Å². The van der Waals surface area contributed by atoms with Gasteiger partial charge < -0.3 is 19.9 Å². The van der Waals surface area contributed by atoms with Crippen LogP contribution in [0.25, 0.3) is 44.6 Å². The predicted molar refractivity (Wildman–Crippen MR) is 271 cm³/mol. The summed E-state index contributed by atoms with van der Waals surface area (Å²) in [4.78, 5) is 8.92. The van der Waals surface area contributed by atoms with Gasteiger partial charge in [0.05, 0.1) is 29.2 Å². The lowest BCUT2D eigenvalue weighted by Crippen LogP contribution is -2.32. The second-order valence-electron chi connectivity index (χ2n) is 15.7. The Labute approximate surface area is 406 Å². The van der Waals surface area contributed by atoms with Gasteiger partial charge in [-0.15, -0.1) is 0 Å². The quantitative estimate of drug-likeness (QED) is 0.117. The molecule has 8 nitrogen and oxygen atoms in total. The van der Waals surface area contributed by atoms with E-state index in [1.165, 1.54) is 71.8 Å². The number of nitrogens with zero attached hydrogens (tertiary/aromatic N) is 4. The number of phenols is 1. The van der Waals surface area contributed by atoms with Crippen molar-refractivity contribution in [3.05, 3.63) is 233 Å². The summed E-state index contributed by atoms with van der Waals surface area (Å²) < 4.78 is 60.9. The highest BCUT2D eigenvalue weighted by molar-refractivity contribution is 9.10. The highest BCUT2D eigenvalue weighted by Crippen LogP contribution is 2.32. The minimum absolute atomic E-state index is 0.0893. The van der Waals surface area contributed by atoms with E-state index in [9.17, 15) is 17.6 Å². The second-order valence-corrected chi connectivity index (χ2v) is 16.7. The maximum absolute atomic E-state index is 13.7. The van der Waals surface area contributed by atoms with Gasteiger partial charge in [-0.05, 0) is 171 Å². The number of aromatic nitrogens is 4. The topological polar surface area (TPSA) is 106 Å². The van der Waals surface area contributed by atoms with Crippen molar-refractivity contribution >= 4 is 50.6 Å². The van der Waals surface area contributed by atoms with Crippen LogP contribution in [0.4, 0.5) is 17.6 Å². The minimum Gasteiger partial charge on any atom is -0.508 e. The lowest BCUT2D eigenvalue weighted by atomic mass is 9.77. The number of aryl methyl sites for hydroxylation is 4. The van der Waals surface area contributed by atoms with E-state index in [4.69, 9.17) is 19.9 Å². The number of rotatable bonds is 5. The molecule has 0 aliphatic carbocycles. The van der Waals surface area contributed by atoms with Gasteiger partial charge in [-0.25, -0.2) is 27.5 Å². The first-order valence-electron chi connectivity index (χ1n) is 21.4. The first-order chi connectivity index (χ1) is 33.1. The summed E-state index contributed by atoms with van der Waals surface area (Å²) in [5.74, 6) is -0.516. The minimum atomic E-state index is -1.59. The molecular formula is C55H48BBrF4N4O4. The highest BCUT2D eigenvalue weighted by atomic mass is 79.9. The number of methoxy groups -OCH3 is 1. The van der Waals surface area contributed by atoms with Crippen LogP contribution in [-0.2, 0) is 0 Å². The lowest BCUT2D eigenvalue weighted by molar-refractivity contribution is 0.415. The zero-order chi connectivity index (χ0) is 49.6. The molecule has 8 aromatic carbocycles. The molecule has 0 fully saturated rings. The molecule has 3 N–H and O–H groups in total. The zero-order valence-corrected chi connectivity index (χ0v) is 39.9. The number of aromatic hydroxyl groups is 1. The summed E-state index contributed by atoms with van der Waals surface area (Å²) in [6, 6.07) is 48.5. The third-order valence-electron chi connectivity index (χ3n) is 10.4. The molecule has 0 radical (unpaired) electrons. The molecule has 0 saturated carbocycles. The number of imidazole rings is 2. The number of hydrogen-bond donors (Lipinski definition) is 3. The van der Waals surface area contributed by atoms with Gasteiger partial charge in [-0.1, -0.05) is 75.6 Å². The second kappa shape index (κ2) is 24.0. The molecule has 0 aliphatic rings. The van der Waals surface area contributed by atoms with Crippen LogP contribution in [0.2, 0.25) is 0 Å². The molecule has 2 aromatic heterocycles. The van der Waals surface area contributed by atoms with Gasteiger partial charge in [0.2, 0.25) is 0 Å². The largest absolute Gasteiger partial charge is 0.508 e. The monoisotopic (exact) mass is 994 g/mol. The number of hydrogen-bond acceptors (Lipinski definition) is 6. The van der Waals surface area contributed by atoms with Crippen LogP contribution in [0.5, 0.6) is 11.5 Å². The first kappa shape index (κ1) is 50.9. The van der Waals surface area contributed by atoms with Crippen LogP contribution < -0.4 is 10.2 Å². The van der Waals surface area contributed by atoms with Gasteiger partial charge in [0.1, 0.15) is 47.4 Å². The van der Waals surface area contributed by atoms with Crippen molar-refractivity contribution in [1.82, 2.24) is 19.1 Å². The van der Waals surface area contributed by atoms with Gasteiger partial charge in [0.15, 0.2) is 0 Å². The number of benzene rings is 8. The molecule has 0 amide bonds. The van der Waals surface area contributed by atoms with Crippen molar-refractivity contribution in [2.75, 3.05) is 7.11 Å². The maximum Gasteiger partial charge on any atom is 0.488 e. The molecule has 0 saturated heterocycles. The molecule has 10 rings (SSSR count). The molecule has 69 heavy (non-hydrogen) atoms.